The molecule has 0 bridgehead atoms. The van der Waals surface area contributed by atoms with E-state index < -0.39 is 29.7 Å². The van der Waals surface area contributed by atoms with E-state index in [1.807, 2.05) is 18.2 Å². The number of fused-ring (bicyclic) bond motifs is 1. The van der Waals surface area contributed by atoms with Crippen LogP contribution in [-0.2, 0) is 27.3 Å². The van der Waals surface area contributed by atoms with Crippen LogP contribution >= 0.6 is 0 Å². The monoisotopic (exact) mass is 638 g/mol. The van der Waals surface area contributed by atoms with Crippen molar-refractivity contribution in [2.24, 2.45) is 17.6 Å². The Morgan fingerprint density at radius 3 is 2.41 bits per heavy atom. The Bertz CT molecular complexity index is 1390. The van der Waals surface area contributed by atoms with Crippen molar-refractivity contribution in [3.05, 3.63) is 35.2 Å². The standard InChI is InChI=1S/C34H50N6O6/c1-21(2)30-36-32(46-37-30)38-15-11-23(12-16-38)22(3)13-17-44-26-10-9-24-19-28(31(42)39-14-7-8-27(39)29(35)41)40(20-25(24)18-26)33(43)45-34(4,5)6/h9-10,18,21-23,27-28H,7-8,11-17,19-20H2,1-6H3,(H2,35,41). The highest BCUT2D eigenvalue weighted by atomic mass is 16.6. The van der Waals surface area contributed by atoms with E-state index in [1.54, 1.807) is 20.8 Å². The molecular formula is C34H50N6O6. The zero-order valence-electron chi connectivity index (χ0n) is 28.2. The minimum Gasteiger partial charge on any atom is -0.494 e. The van der Waals surface area contributed by atoms with Crippen molar-refractivity contribution in [2.75, 3.05) is 31.1 Å². The molecule has 2 aromatic rings. The fourth-order valence-electron chi connectivity index (χ4n) is 6.75. The van der Waals surface area contributed by atoms with E-state index in [0.717, 1.165) is 55.1 Å². The molecular weight excluding hydrogens is 588 g/mol. The molecule has 3 atom stereocenters. The molecule has 1 aromatic carbocycles. The van der Waals surface area contributed by atoms with Crippen molar-refractivity contribution < 1.29 is 28.4 Å². The summed E-state index contributed by atoms with van der Waals surface area (Å²) in [5, 5.41) is 4.10. The van der Waals surface area contributed by atoms with Gasteiger partial charge in [0.05, 0.1) is 13.2 Å². The molecule has 3 aliphatic rings. The quantitative estimate of drug-likeness (QED) is 0.415. The lowest BCUT2D eigenvalue weighted by molar-refractivity contribution is -0.142. The molecule has 3 aliphatic heterocycles. The zero-order chi connectivity index (χ0) is 33.2. The predicted octanol–water partition coefficient (Wildman–Crippen LogP) is 4.65. The number of anilines is 1. The first-order chi connectivity index (χ1) is 21.8. The Labute approximate surface area is 271 Å². The second kappa shape index (κ2) is 13.9. The number of hydrogen-bond donors (Lipinski definition) is 1. The van der Waals surface area contributed by atoms with Gasteiger partial charge in [0.25, 0.3) is 0 Å². The first kappa shape index (κ1) is 33.5. The van der Waals surface area contributed by atoms with Crippen LogP contribution in [0.15, 0.2) is 22.7 Å². The predicted molar refractivity (Wildman–Crippen MR) is 172 cm³/mol. The van der Waals surface area contributed by atoms with Gasteiger partial charge in [-0.25, -0.2) is 4.79 Å². The van der Waals surface area contributed by atoms with Crippen LogP contribution in [0, 0.1) is 11.8 Å². The number of likely N-dealkylation sites (tertiary alicyclic amines) is 1. The van der Waals surface area contributed by atoms with E-state index in [9.17, 15) is 14.4 Å². The summed E-state index contributed by atoms with van der Waals surface area (Å²) in [4.78, 5) is 48.9. The van der Waals surface area contributed by atoms with E-state index in [0.29, 0.717) is 50.3 Å². The topological polar surface area (TPSA) is 144 Å². The maximum Gasteiger partial charge on any atom is 0.411 e. The van der Waals surface area contributed by atoms with Gasteiger partial charge in [0, 0.05) is 32.0 Å². The van der Waals surface area contributed by atoms with Gasteiger partial charge in [-0.1, -0.05) is 32.0 Å². The van der Waals surface area contributed by atoms with Gasteiger partial charge < -0.3 is 29.5 Å². The number of aromatic nitrogens is 2. The largest absolute Gasteiger partial charge is 0.494 e. The van der Waals surface area contributed by atoms with Crippen LogP contribution in [0.4, 0.5) is 10.8 Å². The number of primary amides is 1. The highest BCUT2D eigenvalue weighted by Crippen LogP contribution is 2.33. The average molecular weight is 639 g/mol. The van der Waals surface area contributed by atoms with Crippen LogP contribution in [0.3, 0.4) is 0 Å². The van der Waals surface area contributed by atoms with Crippen molar-refractivity contribution in [3.63, 3.8) is 0 Å². The van der Waals surface area contributed by atoms with E-state index in [4.69, 9.17) is 19.7 Å². The van der Waals surface area contributed by atoms with Gasteiger partial charge in [0.15, 0.2) is 5.82 Å². The Balaban J connectivity index is 1.18. The molecule has 0 saturated carbocycles. The minimum atomic E-state index is -0.779. The number of rotatable bonds is 9. The van der Waals surface area contributed by atoms with Crippen molar-refractivity contribution in [2.45, 2.75) is 110 Å². The fraction of sp³-hybridized carbons (Fsp3) is 0.676. The summed E-state index contributed by atoms with van der Waals surface area (Å²) >= 11 is 0. The number of nitrogens with zero attached hydrogens (tertiary/aromatic N) is 5. The Morgan fingerprint density at radius 2 is 1.76 bits per heavy atom. The smallest absolute Gasteiger partial charge is 0.411 e. The zero-order valence-corrected chi connectivity index (χ0v) is 28.2. The lowest BCUT2D eigenvalue weighted by Gasteiger charge is -2.39. The van der Waals surface area contributed by atoms with Gasteiger partial charge >= 0.3 is 12.1 Å². The first-order valence-corrected chi connectivity index (χ1v) is 16.7. The third-order valence-electron chi connectivity index (χ3n) is 9.49. The summed E-state index contributed by atoms with van der Waals surface area (Å²) in [6.07, 6.45) is 4.07. The van der Waals surface area contributed by atoms with Crippen LogP contribution in [-0.4, -0.2) is 81.8 Å². The summed E-state index contributed by atoms with van der Waals surface area (Å²) in [5.74, 6) is 2.03. The molecule has 46 heavy (non-hydrogen) atoms. The SMILES string of the molecule is CC(C)c1noc(N2CCC(C(C)CCOc3ccc4c(c3)CN(C(=O)OC(C)(C)C)C(C(=O)N3CCCC3C(N)=O)C4)CC2)n1. The second-order valence-corrected chi connectivity index (χ2v) is 14.4. The summed E-state index contributed by atoms with van der Waals surface area (Å²) in [5.41, 5.74) is 6.77. The highest BCUT2D eigenvalue weighted by Gasteiger charge is 2.43. The Kier molecular flexibility index (Phi) is 10.1. The molecule has 3 unspecified atom stereocenters. The summed E-state index contributed by atoms with van der Waals surface area (Å²) in [6, 6.07) is 5.08. The van der Waals surface area contributed by atoms with Gasteiger partial charge in [-0.15, -0.1) is 0 Å². The van der Waals surface area contributed by atoms with E-state index in [-0.39, 0.29) is 18.4 Å². The van der Waals surface area contributed by atoms with E-state index in [1.165, 1.54) is 9.80 Å². The summed E-state index contributed by atoms with van der Waals surface area (Å²) in [6.45, 7) is 14.9. The molecule has 2 N–H and O–H groups in total. The number of carbonyl (C=O) groups is 3. The molecule has 0 radical (unpaired) electrons. The van der Waals surface area contributed by atoms with Gasteiger partial charge in [0.2, 0.25) is 11.8 Å². The van der Waals surface area contributed by atoms with Crippen LogP contribution in [0.25, 0.3) is 0 Å². The maximum atomic E-state index is 13.8. The molecule has 0 aliphatic carbocycles. The lowest BCUT2D eigenvalue weighted by Crippen LogP contribution is -2.56. The first-order valence-electron chi connectivity index (χ1n) is 16.7. The third-order valence-corrected chi connectivity index (χ3v) is 9.49. The van der Waals surface area contributed by atoms with Crippen molar-refractivity contribution in [1.82, 2.24) is 19.9 Å². The van der Waals surface area contributed by atoms with E-state index >= 15 is 0 Å². The highest BCUT2D eigenvalue weighted by molar-refractivity contribution is 5.91. The van der Waals surface area contributed by atoms with Gasteiger partial charge in [-0.05, 0) is 88.0 Å². The average Bonchev–Trinajstić information content (AvgIpc) is 3.70. The van der Waals surface area contributed by atoms with Gasteiger partial charge in [-0.3, -0.25) is 14.5 Å². The van der Waals surface area contributed by atoms with E-state index in [2.05, 4.69) is 35.8 Å². The minimum absolute atomic E-state index is 0.209. The van der Waals surface area contributed by atoms with Crippen LogP contribution in [0.5, 0.6) is 5.75 Å². The van der Waals surface area contributed by atoms with Crippen molar-refractivity contribution >= 4 is 23.9 Å². The number of hydrogen-bond acceptors (Lipinski definition) is 9. The molecule has 5 rings (SSSR count). The number of ether oxygens (including phenoxy) is 2. The molecule has 1 aromatic heterocycles. The van der Waals surface area contributed by atoms with Crippen LogP contribution in [0.1, 0.15) is 96.5 Å². The molecule has 252 valence electrons. The molecule has 12 nitrogen and oxygen atoms in total. The number of benzene rings is 1. The maximum absolute atomic E-state index is 13.8. The molecule has 0 spiro atoms. The normalized spacial score (nSPS) is 21.3. The second-order valence-electron chi connectivity index (χ2n) is 14.4. The number of amides is 3. The molecule has 4 heterocycles. The Morgan fingerprint density at radius 1 is 1.02 bits per heavy atom. The van der Waals surface area contributed by atoms with Gasteiger partial charge in [0.1, 0.15) is 23.4 Å². The van der Waals surface area contributed by atoms with Crippen molar-refractivity contribution in [1.29, 1.82) is 0 Å². The Hall–Kier alpha value is -3.83. The summed E-state index contributed by atoms with van der Waals surface area (Å²) in [7, 11) is 0. The van der Waals surface area contributed by atoms with Crippen LogP contribution < -0.4 is 15.4 Å². The molecule has 2 saturated heterocycles. The van der Waals surface area contributed by atoms with Crippen LogP contribution in [0.2, 0.25) is 0 Å². The molecule has 12 heteroatoms. The fourth-order valence-corrected chi connectivity index (χ4v) is 6.75. The molecule has 2 fully saturated rings. The number of carbonyl (C=O) groups excluding carboxylic acids is 3. The van der Waals surface area contributed by atoms with Gasteiger partial charge in [-0.2, -0.15) is 4.98 Å². The molecule has 3 amide bonds. The third kappa shape index (κ3) is 7.75. The number of nitrogens with two attached hydrogens (primary N) is 1. The lowest BCUT2D eigenvalue weighted by atomic mass is 9.84. The summed E-state index contributed by atoms with van der Waals surface area (Å²) < 4.78 is 17.4. The van der Waals surface area contributed by atoms with Crippen molar-refractivity contribution in [3.8, 4) is 5.75 Å². The number of piperidine rings is 1.